The van der Waals surface area contributed by atoms with Crippen LogP contribution in [0.15, 0.2) is 60.7 Å². The number of aromatic hydroxyl groups is 1. The van der Waals surface area contributed by atoms with Gasteiger partial charge in [-0.1, -0.05) is 68.7 Å². The highest BCUT2D eigenvalue weighted by Crippen LogP contribution is 2.17. The molecule has 2 aromatic rings. The molecule has 0 aliphatic rings. The fourth-order valence-corrected chi connectivity index (χ4v) is 1.68. The lowest BCUT2D eigenvalue weighted by Gasteiger charge is -2.05. The monoisotopic (exact) mass is 272 g/mol. The molecule has 0 amide bonds. The summed E-state index contributed by atoms with van der Waals surface area (Å²) < 4.78 is 5.47. The maximum Gasteiger partial charge on any atom is 0.122 e. The van der Waals surface area contributed by atoms with Gasteiger partial charge in [0.15, 0.2) is 0 Å². The van der Waals surface area contributed by atoms with Crippen molar-refractivity contribution in [2.75, 3.05) is 6.61 Å². The van der Waals surface area contributed by atoms with E-state index in [4.69, 9.17) is 4.74 Å². The quantitative estimate of drug-likeness (QED) is 0.747. The van der Waals surface area contributed by atoms with Crippen LogP contribution in [0.3, 0.4) is 0 Å². The highest BCUT2D eigenvalue weighted by molar-refractivity contribution is 5.31. The van der Waals surface area contributed by atoms with Crippen molar-refractivity contribution in [2.24, 2.45) is 0 Å². The zero-order chi connectivity index (χ0) is 14.5. The van der Waals surface area contributed by atoms with Crippen LogP contribution in [-0.2, 0) is 0 Å². The minimum absolute atomic E-state index is 0.260. The van der Waals surface area contributed by atoms with Crippen molar-refractivity contribution < 1.29 is 9.84 Å². The summed E-state index contributed by atoms with van der Waals surface area (Å²) in [4.78, 5) is 0. The van der Waals surface area contributed by atoms with Gasteiger partial charge in [-0.2, -0.15) is 0 Å². The molecule has 0 aliphatic carbocycles. The third-order valence-corrected chi connectivity index (χ3v) is 2.75. The molecule has 0 aliphatic heterocycles. The molecule has 2 aromatic carbocycles. The molecule has 20 heavy (non-hydrogen) atoms. The molecular formula is C18H24O2. The van der Waals surface area contributed by atoms with Gasteiger partial charge >= 0.3 is 0 Å². The Bertz CT molecular complexity index is 413. The van der Waals surface area contributed by atoms with Crippen LogP contribution < -0.4 is 4.74 Å². The zero-order valence-corrected chi connectivity index (χ0v) is 12.2. The summed E-state index contributed by atoms with van der Waals surface area (Å²) in [5.41, 5.74) is 0. The van der Waals surface area contributed by atoms with E-state index < -0.39 is 0 Å². The fraction of sp³-hybridized carbons (Fsp3) is 0.333. The van der Waals surface area contributed by atoms with Gasteiger partial charge in [0.1, 0.15) is 11.5 Å². The van der Waals surface area contributed by atoms with Crippen molar-refractivity contribution in [1.82, 2.24) is 0 Å². The summed E-state index contributed by atoms with van der Waals surface area (Å²) in [6.45, 7) is 2.93. The molecule has 1 N–H and O–H groups in total. The van der Waals surface area contributed by atoms with E-state index in [1.807, 2.05) is 42.5 Å². The first-order valence-corrected chi connectivity index (χ1v) is 7.24. The van der Waals surface area contributed by atoms with Gasteiger partial charge in [-0.15, -0.1) is 0 Å². The van der Waals surface area contributed by atoms with Crippen LogP contribution in [0.4, 0.5) is 0 Å². The molecule has 0 heterocycles. The van der Waals surface area contributed by atoms with Gasteiger partial charge in [0.05, 0.1) is 6.61 Å². The number of phenolic OH excluding ortho intramolecular Hbond substituents is 1. The fourth-order valence-electron chi connectivity index (χ4n) is 1.68. The van der Waals surface area contributed by atoms with Crippen molar-refractivity contribution in [3.63, 3.8) is 0 Å². The van der Waals surface area contributed by atoms with Gasteiger partial charge in [-0.05, 0) is 18.6 Å². The van der Waals surface area contributed by atoms with E-state index >= 15 is 0 Å². The van der Waals surface area contributed by atoms with E-state index in [0.717, 1.165) is 18.8 Å². The van der Waals surface area contributed by atoms with Crippen LogP contribution in [0.2, 0.25) is 0 Å². The summed E-state index contributed by atoms with van der Waals surface area (Å²) in [6.07, 6.45) is 4.81. The van der Waals surface area contributed by atoms with Gasteiger partial charge in [-0.25, -0.2) is 0 Å². The number of hydrogen-bond donors (Lipinski definition) is 1. The van der Waals surface area contributed by atoms with E-state index in [9.17, 15) is 5.11 Å². The Balaban J connectivity index is 0.000000276. The molecule has 2 nitrogen and oxygen atoms in total. The Morgan fingerprint density at radius 3 is 2.05 bits per heavy atom. The second-order valence-electron chi connectivity index (χ2n) is 4.56. The van der Waals surface area contributed by atoms with Crippen molar-refractivity contribution in [3.05, 3.63) is 60.7 Å². The van der Waals surface area contributed by atoms with Crippen LogP contribution >= 0.6 is 0 Å². The molecular weight excluding hydrogens is 248 g/mol. The van der Waals surface area contributed by atoms with Gasteiger partial charge < -0.3 is 9.84 Å². The minimum Gasteiger partial charge on any atom is -0.508 e. The Morgan fingerprint density at radius 2 is 1.50 bits per heavy atom. The van der Waals surface area contributed by atoms with E-state index in [1.165, 1.54) is 19.3 Å². The molecule has 0 spiro atoms. The summed E-state index contributed by atoms with van der Waals surface area (Å²) in [5.74, 6) is 1.01. The van der Waals surface area contributed by atoms with Gasteiger partial charge in [0, 0.05) is 6.07 Å². The van der Waals surface area contributed by atoms with Crippen LogP contribution in [0.1, 0.15) is 32.6 Å². The molecule has 108 valence electrons. The Kier molecular flexibility index (Phi) is 8.79. The number of hydrogen-bond acceptors (Lipinski definition) is 2. The van der Waals surface area contributed by atoms with Crippen molar-refractivity contribution >= 4 is 0 Å². The van der Waals surface area contributed by atoms with Crippen LogP contribution in [-0.4, -0.2) is 11.7 Å². The minimum atomic E-state index is 0.260. The number of benzene rings is 2. The molecule has 0 aromatic heterocycles. The first-order valence-electron chi connectivity index (χ1n) is 7.24. The van der Waals surface area contributed by atoms with Crippen molar-refractivity contribution in [1.29, 1.82) is 0 Å². The predicted octanol–water partition coefficient (Wildman–Crippen LogP) is 5.04. The molecule has 0 unspecified atom stereocenters. The summed E-state index contributed by atoms with van der Waals surface area (Å²) in [7, 11) is 0. The predicted molar refractivity (Wildman–Crippen MR) is 84.2 cm³/mol. The second-order valence-corrected chi connectivity index (χ2v) is 4.56. The van der Waals surface area contributed by atoms with Crippen molar-refractivity contribution in [2.45, 2.75) is 32.6 Å². The summed E-state index contributed by atoms with van der Waals surface area (Å²) >= 11 is 0. The first-order chi connectivity index (χ1) is 9.83. The SMILES string of the molecule is CCCCCCOc1cccc(O)c1.c1ccccc1. The Morgan fingerprint density at radius 1 is 0.850 bits per heavy atom. The lowest BCUT2D eigenvalue weighted by Crippen LogP contribution is -1.96. The topological polar surface area (TPSA) is 29.5 Å². The van der Waals surface area contributed by atoms with Gasteiger partial charge in [0.25, 0.3) is 0 Å². The molecule has 2 heteroatoms. The summed E-state index contributed by atoms with van der Waals surface area (Å²) in [6, 6.07) is 18.9. The Hall–Kier alpha value is -1.96. The van der Waals surface area contributed by atoms with Crippen LogP contribution in [0, 0.1) is 0 Å². The average molecular weight is 272 g/mol. The smallest absolute Gasteiger partial charge is 0.122 e. The molecule has 0 atom stereocenters. The number of unbranched alkanes of at least 4 members (excludes halogenated alkanes) is 3. The third kappa shape index (κ3) is 8.20. The molecule has 0 fully saturated rings. The molecule has 0 saturated carbocycles. The Labute approximate surface area is 122 Å². The normalized spacial score (nSPS) is 9.45. The van der Waals surface area contributed by atoms with E-state index in [2.05, 4.69) is 6.92 Å². The second kappa shape index (κ2) is 10.9. The lowest BCUT2D eigenvalue weighted by atomic mass is 10.2. The maximum absolute atomic E-state index is 9.17. The van der Waals surface area contributed by atoms with Crippen LogP contribution in [0.25, 0.3) is 0 Å². The molecule has 0 radical (unpaired) electrons. The van der Waals surface area contributed by atoms with E-state index in [1.54, 1.807) is 18.2 Å². The van der Waals surface area contributed by atoms with Gasteiger partial charge in [-0.3, -0.25) is 0 Å². The van der Waals surface area contributed by atoms with Crippen LogP contribution in [0.5, 0.6) is 11.5 Å². The van der Waals surface area contributed by atoms with Crippen molar-refractivity contribution in [3.8, 4) is 11.5 Å². The number of ether oxygens (including phenoxy) is 1. The molecule has 0 saturated heterocycles. The summed E-state index contributed by atoms with van der Waals surface area (Å²) in [5, 5.41) is 9.17. The zero-order valence-electron chi connectivity index (χ0n) is 12.2. The standard InChI is InChI=1S/C12H18O2.C6H6/c1-2-3-4-5-9-14-12-8-6-7-11(13)10-12;1-2-4-6-5-3-1/h6-8,10,13H,2-5,9H2,1H3;1-6H. The third-order valence-electron chi connectivity index (χ3n) is 2.75. The largest absolute Gasteiger partial charge is 0.508 e. The highest BCUT2D eigenvalue weighted by Gasteiger charge is 1.94. The number of rotatable bonds is 6. The highest BCUT2D eigenvalue weighted by atomic mass is 16.5. The lowest BCUT2D eigenvalue weighted by molar-refractivity contribution is 0.303. The van der Waals surface area contributed by atoms with E-state index in [-0.39, 0.29) is 5.75 Å². The molecule has 2 rings (SSSR count). The average Bonchev–Trinajstić information content (AvgIpc) is 2.50. The number of phenols is 1. The van der Waals surface area contributed by atoms with E-state index in [0.29, 0.717) is 0 Å². The molecule has 0 bridgehead atoms. The maximum atomic E-state index is 9.17. The van der Waals surface area contributed by atoms with Gasteiger partial charge in [0.2, 0.25) is 0 Å². The first kappa shape index (κ1) is 16.1.